The van der Waals surface area contributed by atoms with Crippen LogP contribution in [0.25, 0.3) is 11.0 Å². The summed E-state index contributed by atoms with van der Waals surface area (Å²) < 4.78 is 5.27. The normalized spacial score (nSPS) is 20.4. The number of anilines is 1. The van der Waals surface area contributed by atoms with Crippen LogP contribution in [-0.4, -0.2) is 76.0 Å². The van der Waals surface area contributed by atoms with Crippen molar-refractivity contribution in [2.75, 3.05) is 44.4 Å². The molecular weight excluding hydrogens is 452 g/mol. The van der Waals surface area contributed by atoms with E-state index in [0.29, 0.717) is 37.1 Å². The molecular formula is C24H28N6O3S. The van der Waals surface area contributed by atoms with Gasteiger partial charge in [0.05, 0.1) is 40.6 Å². The molecule has 5 rings (SSSR count). The molecule has 1 amide bonds. The van der Waals surface area contributed by atoms with Crippen molar-refractivity contribution in [1.29, 1.82) is 0 Å². The number of pyridine rings is 3. The standard InChI is InChI=1S/C24H28N6O3S/c1-33-22-5-3-18-23(29-22)15(6-8-26-18)7-9-30-12-16(19(31)13-30)10-25-11-17-2-4-20-24(27-17)28-21(32)14-34-20/h2-6,8,16,19,25,31H,7,9-14H2,1H3,(H,27,28,32)/t16-,19+/m0/s1. The van der Waals surface area contributed by atoms with Crippen LogP contribution in [0.5, 0.6) is 5.88 Å². The minimum Gasteiger partial charge on any atom is -0.481 e. The van der Waals surface area contributed by atoms with Gasteiger partial charge in [-0.25, -0.2) is 9.97 Å². The van der Waals surface area contributed by atoms with E-state index >= 15 is 0 Å². The van der Waals surface area contributed by atoms with Gasteiger partial charge in [0.15, 0.2) is 0 Å². The predicted molar refractivity (Wildman–Crippen MR) is 131 cm³/mol. The Morgan fingerprint density at radius 2 is 2.15 bits per heavy atom. The van der Waals surface area contributed by atoms with Crippen LogP contribution in [0.4, 0.5) is 5.82 Å². The summed E-state index contributed by atoms with van der Waals surface area (Å²) in [6.45, 7) is 3.63. The minimum absolute atomic E-state index is 0.0149. The number of nitrogens with zero attached hydrogens (tertiary/aromatic N) is 4. The summed E-state index contributed by atoms with van der Waals surface area (Å²) in [6, 6.07) is 9.74. The fourth-order valence-electron chi connectivity index (χ4n) is 4.47. The molecule has 0 radical (unpaired) electrons. The Morgan fingerprint density at radius 1 is 1.24 bits per heavy atom. The first-order valence-electron chi connectivity index (χ1n) is 11.4. The van der Waals surface area contributed by atoms with Crippen LogP contribution < -0.4 is 15.4 Å². The van der Waals surface area contributed by atoms with E-state index in [1.165, 1.54) is 11.8 Å². The van der Waals surface area contributed by atoms with Gasteiger partial charge >= 0.3 is 0 Å². The smallest absolute Gasteiger partial charge is 0.235 e. The number of β-amino-alcohol motifs (C(OH)–C–C–N with tert-alkyl or cyclic N) is 1. The number of nitrogens with one attached hydrogen (secondary N) is 2. The zero-order chi connectivity index (χ0) is 23.5. The lowest BCUT2D eigenvalue weighted by Gasteiger charge is -2.17. The maximum atomic E-state index is 11.6. The number of hydrogen-bond donors (Lipinski definition) is 3. The van der Waals surface area contributed by atoms with Gasteiger partial charge < -0.3 is 25.4 Å². The maximum Gasteiger partial charge on any atom is 0.235 e. The van der Waals surface area contributed by atoms with E-state index in [-0.39, 0.29) is 17.9 Å². The van der Waals surface area contributed by atoms with E-state index in [2.05, 4.69) is 30.5 Å². The van der Waals surface area contributed by atoms with E-state index in [1.54, 1.807) is 7.11 Å². The molecule has 1 fully saturated rings. The van der Waals surface area contributed by atoms with Crippen molar-refractivity contribution < 1.29 is 14.6 Å². The zero-order valence-corrected chi connectivity index (χ0v) is 19.8. The monoisotopic (exact) mass is 480 g/mol. The van der Waals surface area contributed by atoms with Crippen molar-refractivity contribution in [2.45, 2.75) is 24.0 Å². The Labute approximate surface area is 202 Å². The molecule has 2 atom stereocenters. The first kappa shape index (κ1) is 23.0. The lowest BCUT2D eigenvalue weighted by molar-refractivity contribution is -0.113. The maximum absolute atomic E-state index is 11.6. The van der Waals surface area contributed by atoms with Gasteiger partial charge in [0.1, 0.15) is 5.82 Å². The number of hydrogen-bond acceptors (Lipinski definition) is 9. The number of fused-ring (bicyclic) bond motifs is 2. The van der Waals surface area contributed by atoms with Gasteiger partial charge in [-0.15, -0.1) is 11.8 Å². The van der Waals surface area contributed by atoms with Crippen LogP contribution in [0, 0.1) is 5.92 Å². The number of likely N-dealkylation sites (tertiary alicyclic amines) is 1. The fourth-order valence-corrected chi connectivity index (χ4v) is 5.22. The number of rotatable bonds is 8. The molecule has 0 saturated carbocycles. The fraction of sp³-hybridized carbons (Fsp3) is 0.417. The molecule has 10 heteroatoms. The molecule has 0 bridgehead atoms. The summed E-state index contributed by atoms with van der Waals surface area (Å²) in [5.41, 5.74) is 3.73. The van der Waals surface area contributed by atoms with Crippen LogP contribution in [0.2, 0.25) is 0 Å². The average Bonchev–Trinajstić information content (AvgIpc) is 3.21. The topological polar surface area (TPSA) is 112 Å². The van der Waals surface area contributed by atoms with Crippen molar-refractivity contribution in [3.8, 4) is 5.88 Å². The molecule has 2 aliphatic rings. The number of aromatic nitrogens is 3. The molecule has 5 heterocycles. The quantitative estimate of drug-likeness (QED) is 0.443. The second kappa shape index (κ2) is 10.2. The summed E-state index contributed by atoms with van der Waals surface area (Å²) in [5, 5.41) is 16.8. The van der Waals surface area contributed by atoms with Crippen LogP contribution in [0.1, 0.15) is 11.3 Å². The van der Waals surface area contributed by atoms with E-state index in [9.17, 15) is 9.90 Å². The Bertz CT molecular complexity index is 1190. The highest BCUT2D eigenvalue weighted by Gasteiger charge is 2.30. The van der Waals surface area contributed by atoms with Crippen molar-refractivity contribution in [3.05, 3.63) is 47.8 Å². The molecule has 3 aromatic rings. The van der Waals surface area contributed by atoms with Crippen molar-refractivity contribution in [1.82, 2.24) is 25.2 Å². The van der Waals surface area contributed by atoms with E-state index in [0.717, 1.165) is 46.7 Å². The summed E-state index contributed by atoms with van der Waals surface area (Å²) in [7, 11) is 1.61. The third-order valence-corrected chi connectivity index (χ3v) is 7.32. The number of thioether (sulfide) groups is 1. The van der Waals surface area contributed by atoms with Gasteiger partial charge in [0, 0.05) is 50.9 Å². The largest absolute Gasteiger partial charge is 0.481 e. The van der Waals surface area contributed by atoms with Crippen molar-refractivity contribution >= 4 is 34.5 Å². The van der Waals surface area contributed by atoms with Gasteiger partial charge in [-0.2, -0.15) is 0 Å². The highest BCUT2D eigenvalue weighted by Crippen LogP contribution is 2.29. The zero-order valence-electron chi connectivity index (χ0n) is 19.0. The molecule has 178 valence electrons. The van der Waals surface area contributed by atoms with E-state index < -0.39 is 0 Å². The highest BCUT2D eigenvalue weighted by molar-refractivity contribution is 8.00. The summed E-state index contributed by atoms with van der Waals surface area (Å²) in [4.78, 5) is 28.4. The molecule has 3 N–H and O–H groups in total. The predicted octanol–water partition coefficient (Wildman–Crippen LogP) is 1.70. The molecule has 0 spiro atoms. The van der Waals surface area contributed by atoms with Gasteiger partial charge in [-0.3, -0.25) is 9.78 Å². The first-order chi connectivity index (χ1) is 16.6. The number of methoxy groups -OCH3 is 1. The summed E-state index contributed by atoms with van der Waals surface area (Å²) >= 11 is 1.51. The Morgan fingerprint density at radius 3 is 3.03 bits per heavy atom. The highest BCUT2D eigenvalue weighted by atomic mass is 32.2. The lowest BCUT2D eigenvalue weighted by Crippen LogP contribution is -2.30. The Kier molecular flexibility index (Phi) is 6.91. The Balaban J connectivity index is 1.13. The second-order valence-corrected chi connectivity index (χ2v) is 9.66. The van der Waals surface area contributed by atoms with Crippen LogP contribution in [0.3, 0.4) is 0 Å². The molecule has 34 heavy (non-hydrogen) atoms. The van der Waals surface area contributed by atoms with Crippen LogP contribution >= 0.6 is 11.8 Å². The van der Waals surface area contributed by atoms with Gasteiger partial charge in [-0.1, -0.05) is 0 Å². The molecule has 0 unspecified atom stereocenters. The number of amides is 1. The molecule has 9 nitrogen and oxygen atoms in total. The molecule has 0 aromatic carbocycles. The summed E-state index contributed by atoms with van der Waals surface area (Å²) in [6.07, 6.45) is 2.28. The molecule has 3 aromatic heterocycles. The SMILES string of the molecule is COc1ccc2nccc(CCN3C[C@H](CNCc4ccc5c(n4)NC(=O)CS5)[C@H](O)C3)c2n1. The molecule has 2 aliphatic heterocycles. The van der Waals surface area contributed by atoms with Crippen LogP contribution in [-0.2, 0) is 17.8 Å². The van der Waals surface area contributed by atoms with Gasteiger partial charge in [0.2, 0.25) is 11.8 Å². The number of carbonyl (C=O) groups is 1. The van der Waals surface area contributed by atoms with Crippen molar-refractivity contribution in [2.24, 2.45) is 5.92 Å². The lowest BCUT2D eigenvalue weighted by atomic mass is 10.1. The average molecular weight is 481 g/mol. The number of aliphatic hydroxyl groups excluding tert-OH is 1. The number of aliphatic hydroxyl groups is 1. The Hall–Kier alpha value is -2.79. The minimum atomic E-state index is -0.368. The third kappa shape index (κ3) is 5.15. The van der Waals surface area contributed by atoms with Gasteiger partial charge in [-0.05, 0) is 36.2 Å². The number of ether oxygens (including phenoxy) is 1. The first-order valence-corrected chi connectivity index (χ1v) is 12.4. The molecule has 1 saturated heterocycles. The van der Waals surface area contributed by atoms with E-state index in [1.807, 2.05) is 36.5 Å². The third-order valence-electron chi connectivity index (χ3n) is 6.28. The van der Waals surface area contributed by atoms with Crippen LogP contribution in [0.15, 0.2) is 41.4 Å². The van der Waals surface area contributed by atoms with E-state index in [4.69, 9.17) is 4.74 Å². The summed E-state index contributed by atoms with van der Waals surface area (Å²) in [5.74, 6) is 1.80. The second-order valence-electron chi connectivity index (χ2n) is 8.65. The number of carbonyl (C=O) groups excluding carboxylic acids is 1. The van der Waals surface area contributed by atoms with Crippen molar-refractivity contribution in [3.63, 3.8) is 0 Å². The molecule has 0 aliphatic carbocycles. The van der Waals surface area contributed by atoms with Gasteiger partial charge in [0.25, 0.3) is 0 Å².